The lowest BCUT2D eigenvalue weighted by Gasteiger charge is -2.60. The Kier molecular flexibility index (Phi) is 4.42. The first-order chi connectivity index (χ1) is 9.69. The van der Waals surface area contributed by atoms with Gasteiger partial charge < -0.3 is 10.2 Å². The van der Waals surface area contributed by atoms with Gasteiger partial charge in [0.2, 0.25) is 0 Å². The van der Waals surface area contributed by atoms with Crippen molar-refractivity contribution in [2.45, 2.75) is 64.8 Å². The Morgan fingerprint density at radius 3 is 2.00 bits per heavy atom. The Bertz CT molecular complexity index is 290. The molecule has 0 heterocycles. The van der Waals surface area contributed by atoms with E-state index in [1.54, 1.807) is 19.3 Å². The first-order valence-corrected chi connectivity index (χ1v) is 9.08. The van der Waals surface area contributed by atoms with Gasteiger partial charge in [0, 0.05) is 12.6 Å². The van der Waals surface area contributed by atoms with Gasteiger partial charge in [-0.25, -0.2) is 0 Å². The normalized spacial score (nSPS) is 40.5. The molecule has 0 amide bonds. The molecule has 2 nitrogen and oxygen atoms in total. The summed E-state index contributed by atoms with van der Waals surface area (Å²) >= 11 is 0. The van der Waals surface area contributed by atoms with Crippen LogP contribution < -0.4 is 5.32 Å². The molecule has 1 atom stereocenters. The maximum atomic E-state index is 3.74. The van der Waals surface area contributed by atoms with Crippen LogP contribution in [-0.4, -0.2) is 37.6 Å². The Morgan fingerprint density at radius 1 is 1.05 bits per heavy atom. The van der Waals surface area contributed by atoms with Crippen LogP contribution in [0.25, 0.3) is 0 Å². The van der Waals surface area contributed by atoms with E-state index in [4.69, 9.17) is 0 Å². The van der Waals surface area contributed by atoms with E-state index >= 15 is 0 Å². The van der Waals surface area contributed by atoms with Crippen molar-refractivity contribution in [3.63, 3.8) is 0 Å². The fourth-order valence-corrected chi connectivity index (χ4v) is 6.15. The first-order valence-electron chi connectivity index (χ1n) is 9.08. The molecule has 4 fully saturated rings. The minimum Gasteiger partial charge on any atom is -0.315 e. The third-order valence-corrected chi connectivity index (χ3v) is 6.60. The van der Waals surface area contributed by atoms with E-state index in [0.717, 1.165) is 23.8 Å². The smallest absolute Gasteiger partial charge is 0.0248 e. The van der Waals surface area contributed by atoms with Crippen molar-refractivity contribution < 1.29 is 0 Å². The van der Waals surface area contributed by atoms with Crippen molar-refractivity contribution in [1.82, 2.24) is 10.2 Å². The summed E-state index contributed by atoms with van der Waals surface area (Å²) in [5.41, 5.74) is 0.644. The van der Waals surface area contributed by atoms with Crippen LogP contribution in [0.2, 0.25) is 0 Å². The predicted molar refractivity (Wildman–Crippen MR) is 85.9 cm³/mol. The molecule has 4 aliphatic carbocycles. The van der Waals surface area contributed by atoms with Gasteiger partial charge in [-0.2, -0.15) is 0 Å². The van der Waals surface area contributed by atoms with E-state index in [9.17, 15) is 0 Å². The molecule has 0 saturated heterocycles. The highest BCUT2D eigenvalue weighted by molar-refractivity contribution is 5.06. The van der Waals surface area contributed by atoms with E-state index < -0.39 is 0 Å². The van der Waals surface area contributed by atoms with E-state index in [1.165, 1.54) is 45.3 Å². The molecule has 20 heavy (non-hydrogen) atoms. The highest BCUT2D eigenvalue weighted by Crippen LogP contribution is 2.61. The van der Waals surface area contributed by atoms with Gasteiger partial charge in [-0.15, -0.1) is 0 Å². The second kappa shape index (κ2) is 5.96. The molecular formula is C18H34N2. The quantitative estimate of drug-likeness (QED) is 0.766. The van der Waals surface area contributed by atoms with Crippen LogP contribution in [0.15, 0.2) is 0 Å². The average Bonchev–Trinajstić information content (AvgIpc) is 2.41. The summed E-state index contributed by atoms with van der Waals surface area (Å²) in [6.45, 7) is 8.37. The molecule has 116 valence electrons. The standard InChI is InChI=1S/C18H34N2/c1-4-6-20(5-2)13-17(19-3)18-10-14-7-15(11-18)9-16(8-14)12-18/h14-17,19H,4-13H2,1-3H3. The first kappa shape index (κ1) is 14.8. The van der Waals surface area contributed by atoms with E-state index in [0.29, 0.717) is 5.41 Å². The lowest BCUT2D eigenvalue weighted by molar-refractivity contribution is -0.0773. The number of hydrogen-bond acceptors (Lipinski definition) is 2. The van der Waals surface area contributed by atoms with Crippen LogP contribution in [-0.2, 0) is 0 Å². The zero-order valence-corrected chi connectivity index (χ0v) is 13.8. The lowest BCUT2D eigenvalue weighted by Crippen LogP contribution is -2.58. The van der Waals surface area contributed by atoms with Crippen LogP contribution in [0, 0.1) is 23.2 Å². The highest BCUT2D eigenvalue weighted by Gasteiger charge is 2.53. The second-order valence-electron chi connectivity index (χ2n) is 8.01. The van der Waals surface area contributed by atoms with Gasteiger partial charge in [0.05, 0.1) is 0 Å². The van der Waals surface area contributed by atoms with Gasteiger partial charge in [-0.05, 0) is 88.3 Å². The SMILES string of the molecule is CCCN(CC)CC(NC)C12CC3CC(CC(C3)C1)C2. The molecule has 1 N–H and O–H groups in total. The number of hydrogen-bond donors (Lipinski definition) is 1. The average molecular weight is 278 g/mol. The van der Waals surface area contributed by atoms with Crippen LogP contribution in [0.4, 0.5) is 0 Å². The summed E-state index contributed by atoms with van der Waals surface area (Å²) in [6, 6.07) is 0.724. The molecule has 0 aromatic heterocycles. The van der Waals surface area contributed by atoms with Gasteiger partial charge in [-0.3, -0.25) is 0 Å². The molecule has 0 spiro atoms. The Labute approximate surface area is 125 Å². The number of nitrogens with zero attached hydrogens (tertiary/aromatic N) is 1. The topological polar surface area (TPSA) is 15.3 Å². The summed E-state index contributed by atoms with van der Waals surface area (Å²) in [7, 11) is 2.21. The van der Waals surface area contributed by atoms with Crippen LogP contribution >= 0.6 is 0 Å². The van der Waals surface area contributed by atoms with Crippen LogP contribution in [0.1, 0.15) is 58.8 Å². The molecule has 2 heteroatoms. The van der Waals surface area contributed by atoms with E-state index in [1.807, 2.05) is 0 Å². The summed E-state index contributed by atoms with van der Waals surface area (Å²) in [5, 5.41) is 3.74. The molecule has 4 bridgehead atoms. The van der Waals surface area contributed by atoms with Crippen LogP contribution in [0.5, 0.6) is 0 Å². The van der Waals surface area contributed by atoms with Gasteiger partial charge in [0.25, 0.3) is 0 Å². The van der Waals surface area contributed by atoms with Crippen molar-refractivity contribution in [3.8, 4) is 0 Å². The summed E-state index contributed by atoms with van der Waals surface area (Å²) < 4.78 is 0. The third kappa shape index (κ3) is 2.66. The molecule has 0 radical (unpaired) electrons. The molecule has 1 unspecified atom stereocenters. The second-order valence-corrected chi connectivity index (χ2v) is 8.01. The van der Waals surface area contributed by atoms with E-state index in [-0.39, 0.29) is 0 Å². The fraction of sp³-hybridized carbons (Fsp3) is 1.00. The molecule has 4 rings (SSSR count). The number of rotatable bonds is 7. The zero-order valence-electron chi connectivity index (χ0n) is 13.8. The minimum atomic E-state index is 0.644. The van der Waals surface area contributed by atoms with Crippen molar-refractivity contribution in [1.29, 1.82) is 0 Å². The van der Waals surface area contributed by atoms with Crippen molar-refractivity contribution in [3.05, 3.63) is 0 Å². The monoisotopic (exact) mass is 278 g/mol. The van der Waals surface area contributed by atoms with Gasteiger partial charge >= 0.3 is 0 Å². The molecule has 0 aliphatic heterocycles. The number of nitrogens with one attached hydrogen (secondary N) is 1. The highest BCUT2D eigenvalue weighted by atomic mass is 15.1. The predicted octanol–water partition coefficient (Wildman–Crippen LogP) is 3.52. The summed E-state index contributed by atoms with van der Waals surface area (Å²) in [6.07, 6.45) is 10.5. The van der Waals surface area contributed by atoms with Crippen LogP contribution in [0.3, 0.4) is 0 Å². The molecular weight excluding hydrogens is 244 g/mol. The summed E-state index contributed by atoms with van der Waals surface area (Å²) in [4.78, 5) is 2.67. The maximum Gasteiger partial charge on any atom is 0.0248 e. The molecule has 0 aromatic carbocycles. The molecule has 4 aliphatic rings. The molecule has 4 saturated carbocycles. The maximum absolute atomic E-state index is 3.74. The van der Waals surface area contributed by atoms with Gasteiger partial charge in [-0.1, -0.05) is 13.8 Å². The minimum absolute atomic E-state index is 0.644. The Hall–Kier alpha value is -0.0800. The Morgan fingerprint density at radius 2 is 1.60 bits per heavy atom. The number of likely N-dealkylation sites (N-methyl/N-ethyl adjacent to an activating group) is 2. The molecule has 0 aromatic rings. The van der Waals surface area contributed by atoms with Crippen molar-refractivity contribution in [2.75, 3.05) is 26.7 Å². The third-order valence-electron chi connectivity index (χ3n) is 6.60. The fourth-order valence-electron chi connectivity index (χ4n) is 6.15. The van der Waals surface area contributed by atoms with Gasteiger partial charge in [0.15, 0.2) is 0 Å². The summed E-state index contributed by atoms with van der Waals surface area (Å²) in [5.74, 6) is 3.20. The van der Waals surface area contributed by atoms with E-state index in [2.05, 4.69) is 31.1 Å². The largest absolute Gasteiger partial charge is 0.315 e. The van der Waals surface area contributed by atoms with Crippen molar-refractivity contribution in [2.24, 2.45) is 23.2 Å². The lowest BCUT2D eigenvalue weighted by atomic mass is 9.47. The zero-order chi connectivity index (χ0) is 14.2. The van der Waals surface area contributed by atoms with Crippen molar-refractivity contribution >= 4 is 0 Å². The Balaban J connectivity index is 1.71. The van der Waals surface area contributed by atoms with Gasteiger partial charge in [0.1, 0.15) is 0 Å².